The Morgan fingerprint density at radius 3 is 2.96 bits per heavy atom. The molecule has 0 bridgehead atoms. The molecule has 1 aliphatic heterocycles. The maximum atomic E-state index is 12.9. The number of primary amides is 1. The second-order valence-corrected chi connectivity index (χ2v) is 6.66. The molecule has 0 spiro atoms. The van der Waals surface area contributed by atoms with Crippen LogP contribution in [0.3, 0.4) is 0 Å². The highest BCUT2D eigenvalue weighted by Gasteiger charge is 2.25. The van der Waals surface area contributed by atoms with Crippen LogP contribution in [-0.4, -0.2) is 41.0 Å². The van der Waals surface area contributed by atoms with Gasteiger partial charge in [0.05, 0.1) is 16.5 Å². The maximum absolute atomic E-state index is 12.9. The minimum atomic E-state index is -0.525. The third-order valence-corrected chi connectivity index (χ3v) is 4.84. The van der Waals surface area contributed by atoms with Gasteiger partial charge in [-0.3, -0.25) is 14.6 Å². The topological polar surface area (TPSA) is 85.5 Å². The van der Waals surface area contributed by atoms with Crippen molar-refractivity contribution in [3.05, 3.63) is 52.0 Å². The van der Waals surface area contributed by atoms with Gasteiger partial charge in [0.25, 0.3) is 5.91 Å². The molecule has 1 fully saturated rings. The number of ether oxygens (including phenoxy) is 1. The Hall–Kier alpha value is -2.25. The fourth-order valence-corrected chi connectivity index (χ4v) is 3.56. The first-order valence-electron chi connectivity index (χ1n) is 7.81. The Kier molecular flexibility index (Phi) is 5.22. The summed E-state index contributed by atoms with van der Waals surface area (Å²) in [7, 11) is 0. The van der Waals surface area contributed by atoms with E-state index in [9.17, 15) is 9.59 Å². The number of hydrogen-bond acceptors (Lipinski definition) is 5. The van der Waals surface area contributed by atoms with Crippen LogP contribution in [0.2, 0.25) is 0 Å². The molecule has 0 aliphatic carbocycles. The molecule has 24 heavy (non-hydrogen) atoms. The second-order valence-electron chi connectivity index (χ2n) is 5.75. The SMILES string of the molecule is NC(=O)c1csc(C(=O)N(Cc2cccnc2)C[C@H]2CCCO2)c1. The molecule has 7 heteroatoms. The van der Waals surface area contributed by atoms with Gasteiger partial charge in [-0.15, -0.1) is 11.3 Å². The smallest absolute Gasteiger partial charge is 0.264 e. The second kappa shape index (κ2) is 7.55. The number of aromatic nitrogens is 1. The van der Waals surface area contributed by atoms with Crippen molar-refractivity contribution in [2.75, 3.05) is 13.2 Å². The zero-order chi connectivity index (χ0) is 16.9. The number of hydrogen-bond donors (Lipinski definition) is 1. The highest BCUT2D eigenvalue weighted by molar-refractivity contribution is 7.12. The number of nitrogens with two attached hydrogens (primary N) is 1. The van der Waals surface area contributed by atoms with Gasteiger partial charge in [0.15, 0.2) is 0 Å². The fraction of sp³-hybridized carbons (Fsp3) is 0.353. The summed E-state index contributed by atoms with van der Waals surface area (Å²) < 4.78 is 5.67. The largest absolute Gasteiger partial charge is 0.376 e. The van der Waals surface area contributed by atoms with E-state index in [2.05, 4.69) is 4.98 Å². The number of carbonyl (C=O) groups excluding carboxylic acids is 2. The van der Waals surface area contributed by atoms with E-state index in [0.717, 1.165) is 25.0 Å². The summed E-state index contributed by atoms with van der Waals surface area (Å²) in [5.41, 5.74) is 6.59. The van der Waals surface area contributed by atoms with Gasteiger partial charge in [-0.05, 0) is 30.5 Å². The van der Waals surface area contributed by atoms with Crippen molar-refractivity contribution in [3.8, 4) is 0 Å². The normalized spacial score (nSPS) is 16.9. The van der Waals surface area contributed by atoms with Crippen molar-refractivity contribution in [1.82, 2.24) is 9.88 Å². The average Bonchev–Trinajstić information content (AvgIpc) is 3.26. The molecule has 1 atom stereocenters. The van der Waals surface area contributed by atoms with E-state index in [0.29, 0.717) is 23.5 Å². The van der Waals surface area contributed by atoms with E-state index in [-0.39, 0.29) is 12.0 Å². The van der Waals surface area contributed by atoms with Crippen LogP contribution in [0.5, 0.6) is 0 Å². The van der Waals surface area contributed by atoms with Gasteiger partial charge in [0.2, 0.25) is 5.91 Å². The molecule has 0 aromatic carbocycles. The summed E-state index contributed by atoms with van der Waals surface area (Å²) in [6.45, 7) is 1.72. The van der Waals surface area contributed by atoms with E-state index in [1.807, 2.05) is 12.1 Å². The Morgan fingerprint density at radius 1 is 1.46 bits per heavy atom. The molecule has 1 aliphatic rings. The van der Waals surface area contributed by atoms with E-state index in [1.54, 1.807) is 28.7 Å². The summed E-state index contributed by atoms with van der Waals surface area (Å²) in [4.78, 5) is 30.5. The van der Waals surface area contributed by atoms with Crippen molar-refractivity contribution < 1.29 is 14.3 Å². The Morgan fingerprint density at radius 2 is 2.33 bits per heavy atom. The highest BCUT2D eigenvalue weighted by Crippen LogP contribution is 2.21. The molecular formula is C17H19N3O3S. The number of carbonyl (C=O) groups is 2. The van der Waals surface area contributed by atoms with Crippen molar-refractivity contribution in [2.45, 2.75) is 25.5 Å². The van der Waals surface area contributed by atoms with Gasteiger partial charge in [-0.1, -0.05) is 6.07 Å². The van der Waals surface area contributed by atoms with Crippen LogP contribution in [-0.2, 0) is 11.3 Å². The van der Waals surface area contributed by atoms with Gasteiger partial charge in [-0.25, -0.2) is 0 Å². The third kappa shape index (κ3) is 3.98. The first-order valence-corrected chi connectivity index (χ1v) is 8.69. The first kappa shape index (κ1) is 16.6. The van der Waals surface area contributed by atoms with Gasteiger partial charge in [0, 0.05) is 37.5 Å². The maximum Gasteiger partial charge on any atom is 0.264 e. The first-order chi connectivity index (χ1) is 11.6. The number of amides is 2. The van der Waals surface area contributed by atoms with Crippen LogP contribution >= 0.6 is 11.3 Å². The molecule has 6 nitrogen and oxygen atoms in total. The summed E-state index contributed by atoms with van der Waals surface area (Å²) >= 11 is 1.23. The van der Waals surface area contributed by atoms with E-state index >= 15 is 0 Å². The summed E-state index contributed by atoms with van der Waals surface area (Å²) in [6, 6.07) is 5.34. The van der Waals surface area contributed by atoms with Crippen LogP contribution in [0.1, 0.15) is 38.4 Å². The molecule has 2 aromatic heterocycles. The molecule has 126 valence electrons. The minimum absolute atomic E-state index is 0.0567. The quantitative estimate of drug-likeness (QED) is 0.868. The lowest BCUT2D eigenvalue weighted by atomic mass is 10.2. The zero-order valence-electron chi connectivity index (χ0n) is 13.2. The Bertz CT molecular complexity index is 711. The van der Waals surface area contributed by atoms with Crippen molar-refractivity contribution in [3.63, 3.8) is 0 Å². The lowest BCUT2D eigenvalue weighted by Crippen LogP contribution is -2.36. The summed E-state index contributed by atoms with van der Waals surface area (Å²) in [5.74, 6) is -0.643. The van der Waals surface area contributed by atoms with Crippen molar-refractivity contribution in [1.29, 1.82) is 0 Å². The number of pyridine rings is 1. The van der Waals surface area contributed by atoms with Crippen LogP contribution in [0.15, 0.2) is 36.0 Å². The van der Waals surface area contributed by atoms with Crippen LogP contribution in [0.25, 0.3) is 0 Å². The molecule has 2 aromatic rings. The molecule has 2 N–H and O–H groups in total. The third-order valence-electron chi connectivity index (χ3n) is 3.93. The van der Waals surface area contributed by atoms with E-state index in [4.69, 9.17) is 10.5 Å². The zero-order valence-corrected chi connectivity index (χ0v) is 14.0. The van der Waals surface area contributed by atoms with Gasteiger partial charge >= 0.3 is 0 Å². The van der Waals surface area contributed by atoms with Gasteiger partial charge in [0.1, 0.15) is 0 Å². The molecule has 2 amide bonds. The molecule has 0 radical (unpaired) electrons. The predicted molar refractivity (Wildman–Crippen MR) is 90.8 cm³/mol. The molecule has 0 unspecified atom stereocenters. The molecule has 3 rings (SSSR count). The van der Waals surface area contributed by atoms with Crippen LogP contribution in [0, 0.1) is 0 Å². The summed E-state index contributed by atoms with van der Waals surface area (Å²) in [6.07, 6.45) is 5.48. The minimum Gasteiger partial charge on any atom is -0.376 e. The van der Waals surface area contributed by atoms with Gasteiger partial charge < -0.3 is 15.4 Å². The van der Waals surface area contributed by atoms with Crippen molar-refractivity contribution >= 4 is 23.2 Å². The van der Waals surface area contributed by atoms with E-state index < -0.39 is 5.91 Å². The monoisotopic (exact) mass is 345 g/mol. The number of rotatable bonds is 6. The number of nitrogens with zero attached hydrogens (tertiary/aromatic N) is 2. The Labute approximate surface area is 144 Å². The van der Waals surface area contributed by atoms with Gasteiger partial charge in [-0.2, -0.15) is 0 Å². The van der Waals surface area contributed by atoms with Crippen molar-refractivity contribution in [2.24, 2.45) is 5.73 Å². The van der Waals surface area contributed by atoms with Crippen LogP contribution < -0.4 is 5.73 Å². The molecular weight excluding hydrogens is 326 g/mol. The molecule has 3 heterocycles. The van der Waals surface area contributed by atoms with E-state index in [1.165, 1.54) is 11.3 Å². The molecule has 0 saturated carbocycles. The lowest BCUT2D eigenvalue weighted by Gasteiger charge is -2.25. The fourth-order valence-electron chi connectivity index (χ4n) is 2.70. The molecule has 1 saturated heterocycles. The highest BCUT2D eigenvalue weighted by atomic mass is 32.1. The lowest BCUT2D eigenvalue weighted by molar-refractivity contribution is 0.0510. The van der Waals surface area contributed by atoms with Crippen LogP contribution in [0.4, 0.5) is 0 Å². The predicted octanol–water partition coefficient (Wildman–Crippen LogP) is 2.06. The standard InChI is InChI=1S/C17H19N3O3S/c18-16(21)13-7-15(24-11-13)17(22)20(10-14-4-2-6-23-14)9-12-3-1-5-19-8-12/h1,3,5,7-8,11,14H,2,4,6,9-10H2,(H2,18,21)/t14-/m1/s1. The number of thiophene rings is 1. The average molecular weight is 345 g/mol. The summed E-state index contributed by atoms with van der Waals surface area (Å²) in [5, 5.41) is 1.61. The Balaban J connectivity index is 1.78.